The van der Waals surface area contributed by atoms with E-state index in [1.165, 1.54) is 16.2 Å². The SMILES string of the molecule is CCOc1ccc(Cl)c(/C(O)=C2\C(=O)C(=O)N(Cc3cccs3)C2c2cccc(OC)c2)c1. The van der Waals surface area contributed by atoms with E-state index < -0.39 is 17.7 Å². The highest BCUT2D eigenvalue weighted by molar-refractivity contribution is 7.09. The lowest BCUT2D eigenvalue weighted by Crippen LogP contribution is -2.28. The molecule has 170 valence electrons. The fourth-order valence-electron chi connectivity index (χ4n) is 3.86. The zero-order valence-electron chi connectivity index (χ0n) is 18.1. The third-order valence-electron chi connectivity index (χ3n) is 5.36. The van der Waals surface area contributed by atoms with Gasteiger partial charge in [-0.1, -0.05) is 29.8 Å². The van der Waals surface area contributed by atoms with E-state index in [0.29, 0.717) is 23.7 Å². The van der Waals surface area contributed by atoms with E-state index in [0.717, 1.165) is 4.88 Å². The number of rotatable bonds is 7. The first-order chi connectivity index (χ1) is 15.9. The average molecular weight is 484 g/mol. The molecule has 0 spiro atoms. The quantitative estimate of drug-likeness (QED) is 0.275. The predicted molar refractivity (Wildman–Crippen MR) is 128 cm³/mol. The van der Waals surface area contributed by atoms with Crippen molar-refractivity contribution in [1.82, 2.24) is 4.90 Å². The van der Waals surface area contributed by atoms with Crippen LogP contribution < -0.4 is 9.47 Å². The summed E-state index contributed by atoms with van der Waals surface area (Å²) in [7, 11) is 1.54. The summed E-state index contributed by atoms with van der Waals surface area (Å²) in [6.45, 7) is 2.50. The fraction of sp³-hybridized carbons (Fsp3) is 0.200. The fourth-order valence-corrected chi connectivity index (χ4v) is 4.77. The Bertz CT molecular complexity index is 1220. The zero-order valence-corrected chi connectivity index (χ0v) is 19.7. The molecule has 3 aromatic rings. The summed E-state index contributed by atoms with van der Waals surface area (Å²) >= 11 is 7.86. The number of aliphatic hydroxyl groups is 1. The number of halogens is 1. The van der Waals surface area contributed by atoms with Gasteiger partial charge in [0.05, 0.1) is 36.9 Å². The summed E-state index contributed by atoms with van der Waals surface area (Å²) in [6.07, 6.45) is 0. The van der Waals surface area contributed by atoms with Crippen molar-refractivity contribution in [2.24, 2.45) is 0 Å². The molecule has 1 aliphatic rings. The van der Waals surface area contributed by atoms with E-state index in [4.69, 9.17) is 21.1 Å². The molecule has 1 amide bonds. The maximum atomic E-state index is 13.2. The van der Waals surface area contributed by atoms with Gasteiger partial charge in [0.2, 0.25) is 0 Å². The van der Waals surface area contributed by atoms with Gasteiger partial charge in [-0.3, -0.25) is 9.59 Å². The topological polar surface area (TPSA) is 76.1 Å². The molecule has 6 nitrogen and oxygen atoms in total. The lowest BCUT2D eigenvalue weighted by Gasteiger charge is -2.25. The third kappa shape index (κ3) is 4.47. The summed E-state index contributed by atoms with van der Waals surface area (Å²) in [5, 5.41) is 13.4. The van der Waals surface area contributed by atoms with Crippen LogP contribution in [0.4, 0.5) is 0 Å². The Morgan fingerprint density at radius 3 is 2.64 bits per heavy atom. The second kappa shape index (κ2) is 9.68. The molecule has 1 N–H and O–H groups in total. The molecule has 1 aliphatic heterocycles. The highest BCUT2D eigenvalue weighted by Gasteiger charge is 2.46. The Morgan fingerprint density at radius 1 is 1.12 bits per heavy atom. The van der Waals surface area contributed by atoms with Crippen molar-refractivity contribution < 1.29 is 24.2 Å². The molecule has 0 bridgehead atoms. The van der Waals surface area contributed by atoms with Gasteiger partial charge in [0.15, 0.2) is 0 Å². The Hall–Kier alpha value is -3.29. The van der Waals surface area contributed by atoms with E-state index in [-0.39, 0.29) is 28.5 Å². The Morgan fingerprint density at radius 2 is 1.94 bits per heavy atom. The molecule has 1 aromatic heterocycles. The maximum Gasteiger partial charge on any atom is 0.295 e. The van der Waals surface area contributed by atoms with E-state index in [9.17, 15) is 14.7 Å². The largest absolute Gasteiger partial charge is 0.507 e. The smallest absolute Gasteiger partial charge is 0.295 e. The standard InChI is InChI=1S/C25H22ClNO5S/c1-3-32-17-9-10-20(26)19(13-17)23(28)21-22(15-6-4-7-16(12-15)31-2)27(25(30)24(21)29)14-18-8-5-11-33-18/h4-13,22,28H,3,14H2,1-2H3/b23-21+. The molecular formula is C25H22ClNO5S. The van der Waals surface area contributed by atoms with Gasteiger partial charge in [-0.15, -0.1) is 11.3 Å². The molecule has 2 heterocycles. The van der Waals surface area contributed by atoms with E-state index in [1.807, 2.05) is 24.4 Å². The van der Waals surface area contributed by atoms with Crippen LogP contribution in [-0.2, 0) is 16.1 Å². The number of carbonyl (C=O) groups excluding carboxylic acids is 2. The molecule has 4 rings (SSSR count). The summed E-state index contributed by atoms with van der Waals surface area (Å²) in [6, 6.07) is 14.9. The van der Waals surface area contributed by atoms with Crippen LogP contribution in [0.5, 0.6) is 11.5 Å². The van der Waals surface area contributed by atoms with Crippen LogP contribution in [0.1, 0.15) is 29.0 Å². The van der Waals surface area contributed by atoms with E-state index >= 15 is 0 Å². The number of carbonyl (C=O) groups is 2. The minimum absolute atomic E-state index is 0.0274. The van der Waals surface area contributed by atoms with Crippen molar-refractivity contribution >= 4 is 40.4 Å². The first-order valence-electron chi connectivity index (χ1n) is 10.3. The Balaban J connectivity index is 1.90. The number of likely N-dealkylation sites (tertiary alicyclic amines) is 1. The number of ether oxygens (including phenoxy) is 2. The normalized spacial score (nSPS) is 17.4. The molecule has 1 unspecified atom stereocenters. The van der Waals surface area contributed by atoms with Gasteiger partial charge >= 0.3 is 0 Å². The minimum Gasteiger partial charge on any atom is -0.507 e. The molecule has 0 saturated carbocycles. The molecule has 2 aromatic carbocycles. The lowest BCUT2D eigenvalue weighted by molar-refractivity contribution is -0.140. The van der Waals surface area contributed by atoms with Crippen molar-refractivity contribution in [1.29, 1.82) is 0 Å². The monoisotopic (exact) mass is 483 g/mol. The highest BCUT2D eigenvalue weighted by atomic mass is 35.5. The summed E-state index contributed by atoms with van der Waals surface area (Å²) in [4.78, 5) is 28.7. The lowest BCUT2D eigenvalue weighted by atomic mass is 9.95. The number of amides is 1. The first kappa shape index (κ1) is 22.9. The van der Waals surface area contributed by atoms with Gasteiger partial charge in [0.1, 0.15) is 17.3 Å². The molecule has 1 atom stereocenters. The number of methoxy groups -OCH3 is 1. The summed E-state index contributed by atoms with van der Waals surface area (Å²) < 4.78 is 10.9. The van der Waals surface area contributed by atoms with Crippen LogP contribution in [0.25, 0.3) is 5.76 Å². The van der Waals surface area contributed by atoms with Crippen molar-refractivity contribution in [3.8, 4) is 11.5 Å². The summed E-state index contributed by atoms with van der Waals surface area (Å²) in [5.41, 5.74) is 0.841. The second-order valence-electron chi connectivity index (χ2n) is 7.36. The van der Waals surface area contributed by atoms with Crippen LogP contribution in [0.3, 0.4) is 0 Å². The van der Waals surface area contributed by atoms with Crippen LogP contribution in [0, 0.1) is 0 Å². The van der Waals surface area contributed by atoms with Gasteiger partial charge in [-0.2, -0.15) is 0 Å². The molecule has 0 radical (unpaired) electrons. The van der Waals surface area contributed by atoms with Crippen LogP contribution in [0.15, 0.2) is 65.6 Å². The van der Waals surface area contributed by atoms with Gasteiger partial charge in [-0.25, -0.2) is 0 Å². The van der Waals surface area contributed by atoms with Crippen molar-refractivity contribution in [3.05, 3.63) is 86.6 Å². The molecule has 8 heteroatoms. The molecule has 0 aliphatic carbocycles. The van der Waals surface area contributed by atoms with Crippen LogP contribution in [0.2, 0.25) is 5.02 Å². The maximum absolute atomic E-state index is 13.2. The molecule has 33 heavy (non-hydrogen) atoms. The van der Waals surface area contributed by atoms with Crippen LogP contribution >= 0.6 is 22.9 Å². The second-order valence-corrected chi connectivity index (χ2v) is 8.80. The number of hydrogen-bond acceptors (Lipinski definition) is 6. The van der Waals surface area contributed by atoms with E-state index in [1.54, 1.807) is 49.6 Å². The highest BCUT2D eigenvalue weighted by Crippen LogP contribution is 2.42. The number of nitrogens with zero attached hydrogens (tertiary/aromatic N) is 1. The number of benzene rings is 2. The number of hydrogen-bond donors (Lipinski definition) is 1. The Labute approximate surface area is 200 Å². The minimum atomic E-state index is -0.811. The van der Waals surface area contributed by atoms with Crippen molar-refractivity contribution in [2.75, 3.05) is 13.7 Å². The number of Topliss-reactive ketones (excluding diaryl/α,β-unsaturated/α-hetero) is 1. The summed E-state index contributed by atoms with van der Waals surface area (Å²) in [5.74, 6) is -0.731. The molecular weight excluding hydrogens is 462 g/mol. The molecule has 1 saturated heterocycles. The Kier molecular flexibility index (Phi) is 6.72. The predicted octanol–water partition coefficient (Wildman–Crippen LogP) is 5.43. The number of thiophene rings is 1. The van der Waals surface area contributed by atoms with Crippen LogP contribution in [-0.4, -0.2) is 35.4 Å². The average Bonchev–Trinajstić information content (AvgIpc) is 3.42. The zero-order chi connectivity index (χ0) is 23.5. The van der Waals surface area contributed by atoms with Crippen molar-refractivity contribution in [3.63, 3.8) is 0 Å². The number of aliphatic hydroxyl groups excluding tert-OH is 1. The van der Waals surface area contributed by atoms with Gasteiger partial charge in [0, 0.05) is 10.4 Å². The van der Waals surface area contributed by atoms with Crippen molar-refractivity contribution in [2.45, 2.75) is 19.5 Å². The first-order valence-corrected chi connectivity index (χ1v) is 11.6. The number of ketones is 1. The van der Waals surface area contributed by atoms with Gasteiger partial charge in [-0.05, 0) is 54.3 Å². The van der Waals surface area contributed by atoms with Gasteiger partial charge < -0.3 is 19.5 Å². The van der Waals surface area contributed by atoms with Gasteiger partial charge in [0.25, 0.3) is 11.7 Å². The molecule has 1 fully saturated rings. The van der Waals surface area contributed by atoms with E-state index in [2.05, 4.69) is 0 Å². The third-order valence-corrected chi connectivity index (χ3v) is 6.55.